The van der Waals surface area contributed by atoms with Crippen molar-refractivity contribution in [2.24, 2.45) is 5.10 Å². The van der Waals surface area contributed by atoms with E-state index in [0.717, 1.165) is 10.9 Å². The molecule has 3 aromatic rings. The second-order valence-electron chi connectivity index (χ2n) is 7.24. The number of rotatable bonds is 6. The molecule has 1 aliphatic rings. The number of pyridine rings is 1. The van der Waals surface area contributed by atoms with Crippen molar-refractivity contribution in [2.75, 3.05) is 19.0 Å². The number of hydrogen-bond donors (Lipinski definition) is 2. The first-order chi connectivity index (χ1) is 15.9. The van der Waals surface area contributed by atoms with Gasteiger partial charge in [-0.2, -0.15) is 14.9 Å². The summed E-state index contributed by atoms with van der Waals surface area (Å²) in [5.41, 5.74) is 3.98. The number of ether oxygens (including phenoxy) is 2. The number of amides is 2. The second-order valence-corrected chi connectivity index (χ2v) is 7.24. The van der Waals surface area contributed by atoms with Gasteiger partial charge in [-0.25, -0.2) is 15.2 Å². The molecule has 0 atom stereocenters. The van der Waals surface area contributed by atoms with Crippen LogP contribution in [0.4, 0.5) is 5.82 Å². The molecule has 0 saturated carbocycles. The normalized spacial score (nSPS) is 13.3. The van der Waals surface area contributed by atoms with E-state index in [0.29, 0.717) is 17.1 Å². The molecule has 0 spiro atoms. The first-order valence-electron chi connectivity index (χ1n) is 10.3. The van der Waals surface area contributed by atoms with E-state index < -0.39 is 11.9 Å². The summed E-state index contributed by atoms with van der Waals surface area (Å²) in [7, 11) is 1.56. The first-order valence-corrected chi connectivity index (χ1v) is 10.3. The van der Waals surface area contributed by atoms with Gasteiger partial charge in [0, 0.05) is 18.2 Å². The van der Waals surface area contributed by atoms with Gasteiger partial charge in [-0.05, 0) is 31.5 Å². The van der Waals surface area contributed by atoms with Gasteiger partial charge < -0.3 is 14.8 Å². The number of fused-ring (bicyclic) bond motifs is 1. The second kappa shape index (κ2) is 9.07. The SMILES string of the molecule is CCOC(=O)c1cnn(-c2cc(C)c3cccc(OC)c3n2)c1NC(=O)C1=NNC(=O)CC1. The van der Waals surface area contributed by atoms with Gasteiger partial charge in [-0.1, -0.05) is 12.1 Å². The molecule has 2 aromatic heterocycles. The highest BCUT2D eigenvalue weighted by atomic mass is 16.5. The van der Waals surface area contributed by atoms with Gasteiger partial charge in [0.1, 0.15) is 22.5 Å². The minimum absolute atomic E-state index is 0.0604. The quantitative estimate of drug-likeness (QED) is 0.549. The van der Waals surface area contributed by atoms with Gasteiger partial charge in [0.2, 0.25) is 5.91 Å². The third-order valence-corrected chi connectivity index (χ3v) is 5.10. The van der Waals surface area contributed by atoms with Gasteiger partial charge in [0.25, 0.3) is 5.91 Å². The van der Waals surface area contributed by atoms with E-state index in [1.54, 1.807) is 26.2 Å². The molecule has 4 rings (SSSR count). The third kappa shape index (κ3) is 4.25. The highest BCUT2D eigenvalue weighted by Gasteiger charge is 2.26. The van der Waals surface area contributed by atoms with E-state index in [2.05, 4.69) is 25.9 Å². The molecule has 11 nitrogen and oxygen atoms in total. The van der Waals surface area contributed by atoms with Crippen LogP contribution < -0.4 is 15.5 Å². The molecule has 0 saturated heterocycles. The number of nitrogens with one attached hydrogen (secondary N) is 2. The van der Waals surface area contributed by atoms with Gasteiger partial charge in [-0.3, -0.25) is 9.59 Å². The third-order valence-electron chi connectivity index (χ3n) is 5.10. The Kier molecular flexibility index (Phi) is 6.03. The standard InChI is InChI=1S/C22H22N6O5/c1-4-33-22(31)14-11-23-28(20(14)25-21(30)15-8-9-18(29)27-26-15)17-10-12(2)13-6-5-7-16(32-3)19(13)24-17/h5-7,10-11H,4,8-9H2,1-3H3,(H,25,30)(H,27,29). The van der Waals surface area contributed by atoms with Crippen LogP contribution in [0.15, 0.2) is 35.6 Å². The smallest absolute Gasteiger partial charge is 0.343 e. The fourth-order valence-electron chi connectivity index (χ4n) is 3.47. The largest absolute Gasteiger partial charge is 0.494 e. The summed E-state index contributed by atoms with van der Waals surface area (Å²) in [4.78, 5) is 41.4. The number of carbonyl (C=O) groups is 3. The highest BCUT2D eigenvalue weighted by Crippen LogP contribution is 2.29. The zero-order chi connectivity index (χ0) is 23.5. The summed E-state index contributed by atoms with van der Waals surface area (Å²) in [6.07, 6.45) is 1.62. The van der Waals surface area contributed by atoms with Crippen LogP contribution in [0, 0.1) is 6.92 Å². The van der Waals surface area contributed by atoms with Crippen molar-refractivity contribution < 1.29 is 23.9 Å². The van der Waals surface area contributed by atoms with Crippen molar-refractivity contribution in [3.8, 4) is 11.6 Å². The number of carbonyl (C=O) groups excluding carboxylic acids is 3. The number of esters is 1. The van der Waals surface area contributed by atoms with Crippen molar-refractivity contribution in [3.63, 3.8) is 0 Å². The van der Waals surface area contributed by atoms with Crippen LogP contribution in [0.1, 0.15) is 35.7 Å². The summed E-state index contributed by atoms with van der Waals surface area (Å²) < 4.78 is 11.9. The van der Waals surface area contributed by atoms with Crippen LogP contribution in [0.3, 0.4) is 0 Å². The number of anilines is 1. The number of para-hydroxylation sites is 1. The Morgan fingerprint density at radius 2 is 2.09 bits per heavy atom. The molecule has 0 aliphatic carbocycles. The minimum Gasteiger partial charge on any atom is -0.494 e. The molecule has 3 heterocycles. The van der Waals surface area contributed by atoms with Crippen LogP contribution in [0.5, 0.6) is 5.75 Å². The summed E-state index contributed by atoms with van der Waals surface area (Å²) in [5, 5.41) is 11.7. The number of hydrazone groups is 1. The summed E-state index contributed by atoms with van der Waals surface area (Å²) in [6, 6.07) is 7.38. The summed E-state index contributed by atoms with van der Waals surface area (Å²) in [5.74, 6) is -0.458. The molecule has 11 heteroatoms. The van der Waals surface area contributed by atoms with Crippen molar-refractivity contribution >= 4 is 40.2 Å². The number of aromatic nitrogens is 3. The Morgan fingerprint density at radius 3 is 2.79 bits per heavy atom. The molecule has 170 valence electrons. The molecule has 1 aliphatic heterocycles. The number of benzene rings is 1. The Bertz CT molecular complexity index is 1300. The monoisotopic (exact) mass is 450 g/mol. The molecular formula is C22H22N6O5. The minimum atomic E-state index is -0.645. The summed E-state index contributed by atoms with van der Waals surface area (Å²) in [6.45, 7) is 3.75. The molecular weight excluding hydrogens is 428 g/mol. The number of methoxy groups -OCH3 is 1. The molecule has 1 aromatic carbocycles. The molecule has 0 radical (unpaired) electrons. The van der Waals surface area contributed by atoms with Crippen molar-refractivity contribution in [3.05, 3.63) is 41.6 Å². The van der Waals surface area contributed by atoms with Crippen LogP contribution >= 0.6 is 0 Å². The Hall–Kier alpha value is -4.28. The fourth-order valence-corrected chi connectivity index (χ4v) is 3.47. The van der Waals surface area contributed by atoms with Gasteiger partial charge in [-0.15, -0.1) is 0 Å². The topological polar surface area (TPSA) is 137 Å². The first kappa shape index (κ1) is 21.9. The Morgan fingerprint density at radius 1 is 1.27 bits per heavy atom. The van der Waals surface area contributed by atoms with Crippen molar-refractivity contribution in [1.29, 1.82) is 0 Å². The fraction of sp³-hybridized carbons (Fsp3) is 0.273. The van der Waals surface area contributed by atoms with Gasteiger partial charge in [0.05, 0.1) is 19.9 Å². The summed E-state index contributed by atoms with van der Waals surface area (Å²) >= 11 is 0. The molecule has 33 heavy (non-hydrogen) atoms. The van der Waals surface area contributed by atoms with Crippen LogP contribution in [0.2, 0.25) is 0 Å². The molecule has 2 N–H and O–H groups in total. The predicted molar refractivity (Wildman–Crippen MR) is 120 cm³/mol. The Balaban J connectivity index is 1.81. The lowest BCUT2D eigenvalue weighted by molar-refractivity contribution is -0.121. The van der Waals surface area contributed by atoms with Crippen molar-refractivity contribution in [1.82, 2.24) is 20.2 Å². The maximum absolute atomic E-state index is 12.8. The van der Waals surface area contributed by atoms with E-state index in [4.69, 9.17) is 9.47 Å². The number of aryl methyl sites for hydroxylation is 1. The van der Waals surface area contributed by atoms with Gasteiger partial charge in [0.15, 0.2) is 11.6 Å². The van der Waals surface area contributed by atoms with Crippen molar-refractivity contribution in [2.45, 2.75) is 26.7 Å². The lowest BCUT2D eigenvalue weighted by atomic mass is 10.1. The average Bonchev–Trinajstić information content (AvgIpc) is 3.22. The van der Waals surface area contributed by atoms with E-state index in [-0.39, 0.29) is 42.4 Å². The van der Waals surface area contributed by atoms with Gasteiger partial charge >= 0.3 is 5.97 Å². The number of nitrogens with zero attached hydrogens (tertiary/aromatic N) is 4. The lowest BCUT2D eigenvalue weighted by Gasteiger charge is -2.15. The molecule has 2 amide bonds. The van der Waals surface area contributed by atoms with Crippen LogP contribution in [-0.2, 0) is 14.3 Å². The van der Waals surface area contributed by atoms with Crippen LogP contribution in [0.25, 0.3) is 16.7 Å². The van der Waals surface area contributed by atoms with E-state index in [1.807, 2.05) is 19.1 Å². The maximum Gasteiger partial charge on any atom is 0.343 e. The highest BCUT2D eigenvalue weighted by molar-refractivity contribution is 6.43. The maximum atomic E-state index is 12.8. The van der Waals surface area contributed by atoms with Crippen LogP contribution in [-0.4, -0.2) is 52.0 Å². The predicted octanol–water partition coefficient (Wildman–Crippen LogP) is 2.12. The van der Waals surface area contributed by atoms with E-state index >= 15 is 0 Å². The molecule has 0 fully saturated rings. The average molecular weight is 450 g/mol. The van der Waals surface area contributed by atoms with E-state index in [9.17, 15) is 14.4 Å². The number of hydrogen-bond acceptors (Lipinski definition) is 8. The van der Waals surface area contributed by atoms with E-state index in [1.165, 1.54) is 10.9 Å². The lowest BCUT2D eigenvalue weighted by Crippen LogP contribution is -2.33. The molecule has 0 bridgehead atoms. The molecule has 0 unspecified atom stereocenters. The Labute approximate surface area is 188 Å². The zero-order valence-corrected chi connectivity index (χ0v) is 18.3. The zero-order valence-electron chi connectivity index (χ0n) is 18.3.